The van der Waals surface area contributed by atoms with Gasteiger partial charge in [-0.3, -0.25) is 9.59 Å². The fourth-order valence-electron chi connectivity index (χ4n) is 4.04. The van der Waals surface area contributed by atoms with Gasteiger partial charge in [0.15, 0.2) is 5.76 Å². The fourth-order valence-corrected chi connectivity index (χ4v) is 4.60. The summed E-state index contributed by atoms with van der Waals surface area (Å²) in [6.45, 7) is 2.64. The van der Waals surface area contributed by atoms with Gasteiger partial charge in [0, 0.05) is 47.4 Å². The molecule has 3 aromatic carbocycles. The maximum absolute atomic E-state index is 12.9. The first-order valence-corrected chi connectivity index (χ1v) is 12.0. The third-order valence-electron chi connectivity index (χ3n) is 5.87. The van der Waals surface area contributed by atoms with Crippen LogP contribution in [0.15, 0.2) is 81.7 Å². The molecule has 0 radical (unpaired) electrons. The van der Waals surface area contributed by atoms with Crippen LogP contribution < -0.4 is 10.2 Å². The minimum absolute atomic E-state index is 0.0832. The van der Waals surface area contributed by atoms with Crippen LogP contribution in [0, 0.1) is 0 Å². The molecule has 34 heavy (non-hydrogen) atoms. The monoisotopic (exact) mass is 537 g/mol. The van der Waals surface area contributed by atoms with Crippen LogP contribution in [0.25, 0.3) is 11.0 Å². The lowest BCUT2D eigenvalue weighted by Crippen LogP contribution is -2.48. The predicted molar refractivity (Wildman–Crippen MR) is 138 cm³/mol. The number of nitrogens with zero attached hydrogens (tertiary/aromatic N) is 2. The van der Waals surface area contributed by atoms with E-state index >= 15 is 0 Å². The van der Waals surface area contributed by atoms with Gasteiger partial charge in [-0.25, -0.2) is 0 Å². The van der Waals surface area contributed by atoms with E-state index in [4.69, 9.17) is 16.0 Å². The van der Waals surface area contributed by atoms with Gasteiger partial charge in [-0.15, -0.1) is 0 Å². The lowest BCUT2D eigenvalue weighted by Gasteiger charge is -2.35. The molecule has 1 fully saturated rings. The van der Waals surface area contributed by atoms with Gasteiger partial charge in [0.2, 0.25) is 0 Å². The molecular formula is C26H21BrClN3O3. The van der Waals surface area contributed by atoms with Crippen molar-refractivity contribution >= 4 is 61.7 Å². The summed E-state index contributed by atoms with van der Waals surface area (Å²) < 4.78 is 6.52. The molecule has 2 heterocycles. The highest BCUT2D eigenvalue weighted by molar-refractivity contribution is 9.10. The maximum atomic E-state index is 12.9. The number of halogens is 2. The average molecular weight is 539 g/mol. The summed E-state index contributed by atoms with van der Waals surface area (Å²) in [5, 5.41) is 4.21. The first-order chi connectivity index (χ1) is 16.5. The number of carbonyl (C=O) groups is 2. The summed E-state index contributed by atoms with van der Waals surface area (Å²) in [6, 6.07) is 22.3. The molecule has 8 heteroatoms. The van der Waals surface area contributed by atoms with Crippen molar-refractivity contribution in [3.8, 4) is 0 Å². The Hall–Kier alpha value is -3.29. The van der Waals surface area contributed by atoms with Crippen molar-refractivity contribution in [3.05, 3.63) is 93.6 Å². The summed E-state index contributed by atoms with van der Waals surface area (Å²) in [5.74, 6) is 0.0252. The van der Waals surface area contributed by atoms with Crippen molar-refractivity contribution in [1.29, 1.82) is 0 Å². The molecule has 1 aliphatic heterocycles. The molecule has 1 aromatic heterocycles. The van der Waals surface area contributed by atoms with E-state index in [1.54, 1.807) is 24.3 Å². The normalized spacial score (nSPS) is 13.8. The highest BCUT2D eigenvalue weighted by Gasteiger charge is 2.24. The van der Waals surface area contributed by atoms with Crippen LogP contribution in [0.3, 0.4) is 0 Å². The Morgan fingerprint density at radius 2 is 1.65 bits per heavy atom. The number of hydrogen-bond donors (Lipinski definition) is 1. The first-order valence-electron chi connectivity index (χ1n) is 10.9. The topological polar surface area (TPSA) is 65.8 Å². The SMILES string of the molecule is O=C(Nc1ccc(N2CCN(C(=O)c3cc4ccccc4o3)CC2)cc1)c1cc(Br)ccc1Cl. The van der Waals surface area contributed by atoms with E-state index in [0.717, 1.165) is 21.1 Å². The summed E-state index contributed by atoms with van der Waals surface area (Å²) in [6.07, 6.45) is 0. The second-order valence-electron chi connectivity index (χ2n) is 8.05. The quantitative estimate of drug-likeness (QED) is 0.343. The van der Waals surface area contributed by atoms with E-state index in [1.165, 1.54) is 0 Å². The number of hydrogen-bond acceptors (Lipinski definition) is 4. The van der Waals surface area contributed by atoms with Crippen LogP contribution in [0.4, 0.5) is 11.4 Å². The summed E-state index contributed by atoms with van der Waals surface area (Å²) in [7, 11) is 0. The molecule has 0 spiro atoms. The van der Waals surface area contributed by atoms with Crippen molar-refractivity contribution in [1.82, 2.24) is 4.90 Å². The number of nitrogens with one attached hydrogen (secondary N) is 1. The van der Waals surface area contributed by atoms with Crippen molar-refractivity contribution in [3.63, 3.8) is 0 Å². The smallest absolute Gasteiger partial charge is 0.289 e. The number of piperazine rings is 1. The molecule has 5 rings (SSSR count). The fraction of sp³-hybridized carbons (Fsp3) is 0.154. The molecule has 1 N–H and O–H groups in total. The highest BCUT2D eigenvalue weighted by atomic mass is 79.9. The van der Waals surface area contributed by atoms with Gasteiger partial charge in [0.25, 0.3) is 11.8 Å². The number of anilines is 2. The van der Waals surface area contributed by atoms with Crippen LogP contribution in [0.5, 0.6) is 0 Å². The van der Waals surface area contributed by atoms with Gasteiger partial charge in [-0.2, -0.15) is 0 Å². The van der Waals surface area contributed by atoms with E-state index in [9.17, 15) is 9.59 Å². The second kappa shape index (κ2) is 9.52. The minimum atomic E-state index is -0.267. The Kier molecular flexibility index (Phi) is 6.30. The zero-order valence-corrected chi connectivity index (χ0v) is 20.5. The van der Waals surface area contributed by atoms with E-state index in [0.29, 0.717) is 48.2 Å². The van der Waals surface area contributed by atoms with Crippen LogP contribution >= 0.6 is 27.5 Å². The van der Waals surface area contributed by atoms with Gasteiger partial charge in [0.1, 0.15) is 5.58 Å². The second-order valence-corrected chi connectivity index (χ2v) is 9.38. The molecule has 0 unspecified atom stereocenters. The first kappa shape index (κ1) is 22.5. The van der Waals surface area contributed by atoms with Crippen molar-refractivity contribution in [2.75, 3.05) is 36.4 Å². The largest absolute Gasteiger partial charge is 0.451 e. The minimum Gasteiger partial charge on any atom is -0.451 e. The predicted octanol–water partition coefficient (Wildman–Crippen LogP) is 6.06. The average Bonchev–Trinajstić information content (AvgIpc) is 3.30. The van der Waals surface area contributed by atoms with Crippen LogP contribution in [-0.2, 0) is 0 Å². The van der Waals surface area contributed by atoms with Gasteiger partial charge in [-0.1, -0.05) is 45.7 Å². The zero-order chi connectivity index (χ0) is 23.7. The van der Waals surface area contributed by atoms with Crippen LogP contribution in [-0.4, -0.2) is 42.9 Å². The molecule has 0 bridgehead atoms. The molecule has 0 aliphatic carbocycles. The lowest BCUT2D eigenvalue weighted by molar-refractivity contribution is 0.0717. The molecule has 0 saturated carbocycles. The molecule has 1 aliphatic rings. The molecule has 6 nitrogen and oxygen atoms in total. The molecule has 1 saturated heterocycles. The number of carbonyl (C=O) groups excluding carboxylic acids is 2. The van der Waals surface area contributed by atoms with E-state index in [2.05, 4.69) is 26.1 Å². The molecule has 0 atom stereocenters. The Balaban J connectivity index is 1.19. The summed E-state index contributed by atoms with van der Waals surface area (Å²) in [4.78, 5) is 29.5. The van der Waals surface area contributed by atoms with E-state index < -0.39 is 0 Å². The number of benzene rings is 3. The van der Waals surface area contributed by atoms with Crippen molar-refractivity contribution in [2.45, 2.75) is 0 Å². The maximum Gasteiger partial charge on any atom is 0.289 e. The summed E-state index contributed by atoms with van der Waals surface area (Å²) in [5.41, 5.74) is 2.85. The van der Waals surface area contributed by atoms with Crippen molar-refractivity contribution in [2.24, 2.45) is 0 Å². The number of para-hydroxylation sites is 1. The van der Waals surface area contributed by atoms with Crippen molar-refractivity contribution < 1.29 is 14.0 Å². The Morgan fingerprint density at radius 1 is 0.912 bits per heavy atom. The highest BCUT2D eigenvalue weighted by Crippen LogP contribution is 2.25. The van der Waals surface area contributed by atoms with Crippen LogP contribution in [0.2, 0.25) is 5.02 Å². The summed E-state index contributed by atoms with van der Waals surface area (Å²) >= 11 is 9.52. The lowest BCUT2D eigenvalue weighted by atomic mass is 10.2. The molecule has 4 aromatic rings. The number of amides is 2. The van der Waals surface area contributed by atoms with Crippen LogP contribution in [0.1, 0.15) is 20.9 Å². The van der Waals surface area contributed by atoms with Gasteiger partial charge < -0.3 is 19.5 Å². The number of fused-ring (bicyclic) bond motifs is 1. The van der Waals surface area contributed by atoms with E-state index in [-0.39, 0.29) is 11.8 Å². The van der Waals surface area contributed by atoms with Gasteiger partial charge >= 0.3 is 0 Å². The van der Waals surface area contributed by atoms with E-state index in [1.807, 2.05) is 53.4 Å². The standard InChI is InChI=1S/C26H21BrClN3O3/c27-18-5-10-22(28)21(16-18)25(32)29-19-6-8-20(9-7-19)30-11-13-31(14-12-30)26(33)24-15-17-3-1-2-4-23(17)34-24/h1-10,15-16H,11-14H2,(H,29,32). The Morgan fingerprint density at radius 3 is 2.38 bits per heavy atom. The Labute approximate surface area is 210 Å². The third kappa shape index (κ3) is 4.67. The third-order valence-corrected chi connectivity index (χ3v) is 6.69. The Bertz CT molecular complexity index is 1330. The molecule has 2 amide bonds. The zero-order valence-electron chi connectivity index (χ0n) is 18.1. The van der Waals surface area contributed by atoms with Gasteiger partial charge in [-0.05, 0) is 54.6 Å². The molecular weight excluding hydrogens is 518 g/mol. The number of furan rings is 1. The number of rotatable bonds is 4. The molecule has 172 valence electrons. The van der Waals surface area contributed by atoms with Gasteiger partial charge in [0.05, 0.1) is 10.6 Å².